The fraction of sp³-hybridized carbons (Fsp3) is 0.533. The third-order valence-corrected chi connectivity index (χ3v) is 5.03. The van der Waals surface area contributed by atoms with Crippen LogP contribution in [0, 0.1) is 19.3 Å². The second-order valence-electron chi connectivity index (χ2n) is 6.20. The fourth-order valence-electron chi connectivity index (χ4n) is 2.34. The molecule has 1 aliphatic carbocycles. The van der Waals surface area contributed by atoms with Crippen LogP contribution in [0.2, 0.25) is 0 Å². The van der Waals surface area contributed by atoms with Crippen LogP contribution in [0.15, 0.2) is 23.2 Å². The van der Waals surface area contributed by atoms with Gasteiger partial charge in [0.05, 0.1) is 5.75 Å². The highest BCUT2D eigenvalue weighted by Gasteiger charge is 2.45. The summed E-state index contributed by atoms with van der Waals surface area (Å²) >= 11 is 0. The zero-order chi connectivity index (χ0) is 15.7. The first-order chi connectivity index (χ1) is 9.69. The van der Waals surface area contributed by atoms with E-state index in [1.807, 2.05) is 25.1 Å². The lowest BCUT2D eigenvalue weighted by molar-refractivity contribution is 0.552. The highest BCUT2D eigenvalue weighted by Crippen LogP contribution is 2.46. The molecule has 22 heavy (non-hydrogen) atoms. The molecule has 1 aliphatic rings. The van der Waals surface area contributed by atoms with Gasteiger partial charge in [-0.3, -0.25) is 4.99 Å². The van der Waals surface area contributed by atoms with Gasteiger partial charge >= 0.3 is 0 Å². The smallest absolute Gasteiger partial charge is 0.193 e. The number of nitrogens with two attached hydrogens (primary N) is 1. The van der Waals surface area contributed by atoms with Crippen LogP contribution in [0.5, 0.6) is 0 Å². The van der Waals surface area contributed by atoms with E-state index in [2.05, 4.69) is 17.2 Å². The molecule has 2 rings (SSSR count). The number of nitrogens with zero attached hydrogens (tertiary/aromatic N) is 1. The van der Waals surface area contributed by atoms with E-state index in [0.29, 0.717) is 12.5 Å². The van der Waals surface area contributed by atoms with Crippen molar-refractivity contribution < 1.29 is 8.42 Å². The van der Waals surface area contributed by atoms with Gasteiger partial charge in [0.15, 0.2) is 5.96 Å². The number of hydrogen-bond acceptors (Lipinski definition) is 3. The maximum atomic E-state index is 11.4. The predicted molar refractivity (Wildman–Crippen MR) is 103 cm³/mol. The summed E-state index contributed by atoms with van der Waals surface area (Å²) in [5.74, 6) is 0.526. The van der Waals surface area contributed by atoms with Crippen molar-refractivity contribution in [3.63, 3.8) is 0 Å². The molecule has 0 unspecified atom stereocenters. The maximum absolute atomic E-state index is 11.4. The van der Waals surface area contributed by atoms with E-state index in [0.717, 1.165) is 18.5 Å². The Labute approximate surface area is 149 Å². The van der Waals surface area contributed by atoms with Gasteiger partial charge in [-0.2, -0.15) is 0 Å². The molecule has 0 aliphatic heterocycles. The van der Waals surface area contributed by atoms with Crippen LogP contribution in [-0.2, 0) is 9.84 Å². The van der Waals surface area contributed by atoms with Gasteiger partial charge in [0, 0.05) is 23.9 Å². The number of aliphatic imine (C=N–C) groups is 1. The van der Waals surface area contributed by atoms with Crippen molar-refractivity contribution in [2.24, 2.45) is 16.1 Å². The van der Waals surface area contributed by atoms with Gasteiger partial charge in [-0.05, 0) is 49.9 Å². The second-order valence-corrected chi connectivity index (χ2v) is 8.34. The molecule has 0 heterocycles. The molecule has 5 nitrogen and oxygen atoms in total. The van der Waals surface area contributed by atoms with Crippen molar-refractivity contribution in [3.8, 4) is 0 Å². The number of sulfone groups is 1. The molecule has 0 amide bonds. The summed E-state index contributed by atoms with van der Waals surface area (Å²) in [6.45, 7) is 4.56. The molecule has 0 radical (unpaired) electrons. The minimum absolute atomic E-state index is 0. The minimum atomic E-state index is -2.97. The van der Waals surface area contributed by atoms with Gasteiger partial charge in [0.25, 0.3) is 0 Å². The second kappa shape index (κ2) is 7.16. The van der Waals surface area contributed by atoms with Crippen LogP contribution in [0.25, 0.3) is 0 Å². The normalized spacial score (nSPS) is 16.8. The quantitative estimate of drug-likeness (QED) is 0.421. The Kier molecular flexibility index (Phi) is 6.26. The zero-order valence-electron chi connectivity index (χ0n) is 13.2. The van der Waals surface area contributed by atoms with Gasteiger partial charge in [-0.15, -0.1) is 24.0 Å². The summed E-state index contributed by atoms with van der Waals surface area (Å²) in [6.07, 6.45) is 3.08. The van der Waals surface area contributed by atoms with Crippen LogP contribution in [0.3, 0.4) is 0 Å². The highest BCUT2D eigenvalue weighted by molar-refractivity contribution is 14.0. The molecule has 124 valence electrons. The number of halogens is 1. The summed E-state index contributed by atoms with van der Waals surface area (Å²) in [5, 5.41) is 3.05. The largest absolute Gasteiger partial charge is 0.370 e. The Bertz CT molecular complexity index is 667. The third kappa shape index (κ3) is 5.75. The monoisotopic (exact) mass is 437 g/mol. The first-order valence-electron chi connectivity index (χ1n) is 7.01. The molecule has 0 spiro atoms. The molecular weight excluding hydrogens is 413 g/mol. The Balaban J connectivity index is 0.00000242. The van der Waals surface area contributed by atoms with E-state index in [4.69, 9.17) is 5.73 Å². The summed E-state index contributed by atoms with van der Waals surface area (Å²) in [4.78, 5) is 4.31. The van der Waals surface area contributed by atoms with Crippen molar-refractivity contribution in [2.75, 3.05) is 23.9 Å². The van der Waals surface area contributed by atoms with E-state index < -0.39 is 9.84 Å². The number of nitrogens with one attached hydrogen (secondary N) is 1. The van der Waals surface area contributed by atoms with Gasteiger partial charge in [0.1, 0.15) is 9.84 Å². The van der Waals surface area contributed by atoms with Crippen LogP contribution in [0.4, 0.5) is 5.69 Å². The summed E-state index contributed by atoms with van der Waals surface area (Å²) in [7, 11) is -2.97. The topological polar surface area (TPSA) is 84.5 Å². The molecule has 0 saturated heterocycles. The third-order valence-electron chi connectivity index (χ3n) is 3.89. The van der Waals surface area contributed by atoms with Gasteiger partial charge in [-0.1, -0.05) is 6.07 Å². The fourth-order valence-corrected chi connectivity index (χ4v) is 3.83. The van der Waals surface area contributed by atoms with E-state index in [-0.39, 0.29) is 35.1 Å². The number of hydrogen-bond donors (Lipinski definition) is 2. The van der Waals surface area contributed by atoms with Crippen LogP contribution < -0.4 is 11.1 Å². The zero-order valence-corrected chi connectivity index (χ0v) is 16.4. The first-order valence-corrected chi connectivity index (χ1v) is 9.07. The van der Waals surface area contributed by atoms with Crippen molar-refractivity contribution in [2.45, 2.75) is 26.7 Å². The summed E-state index contributed by atoms with van der Waals surface area (Å²) in [6, 6.07) is 5.99. The Morgan fingerprint density at radius 3 is 2.45 bits per heavy atom. The number of aryl methyl sites for hydroxylation is 2. The maximum Gasteiger partial charge on any atom is 0.193 e. The SMILES string of the molecule is Cc1ccc(NC(N)=NCC2(CS(C)(=O)=O)CC2)cc1C.I. The number of rotatable bonds is 5. The lowest BCUT2D eigenvalue weighted by Gasteiger charge is -2.12. The molecule has 1 fully saturated rings. The molecular formula is C15H24IN3O2S. The number of guanidine groups is 1. The van der Waals surface area contributed by atoms with E-state index in [1.165, 1.54) is 17.4 Å². The van der Waals surface area contributed by atoms with Crippen LogP contribution in [0.1, 0.15) is 24.0 Å². The summed E-state index contributed by atoms with van der Waals surface area (Å²) < 4.78 is 22.8. The van der Waals surface area contributed by atoms with Gasteiger partial charge in [-0.25, -0.2) is 8.42 Å². The Morgan fingerprint density at radius 1 is 1.32 bits per heavy atom. The van der Waals surface area contributed by atoms with Crippen LogP contribution >= 0.6 is 24.0 Å². The Morgan fingerprint density at radius 2 is 1.95 bits per heavy atom. The minimum Gasteiger partial charge on any atom is -0.370 e. The predicted octanol–water partition coefficient (Wildman–Crippen LogP) is 2.47. The van der Waals surface area contributed by atoms with E-state index in [1.54, 1.807) is 0 Å². The molecule has 1 aromatic rings. The molecule has 7 heteroatoms. The van der Waals surface area contributed by atoms with Crippen LogP contribution in [-0.4, -0.2) is 32.9 Å². The van der Waals surface area contributed by atoms with E-state index >= 15 is 0 Å². The number of benzene rings is 1. The molecule has 1 aromatic carbocycles. The lowest BCUT2D eigenvalue weighted by Crippen LogP contribution is -2.26. The lowest BCUT2D eigenvalue weighted by atomic mass is 10.1. The highest BCUT2D eigenvalue weighted by atomic mass is 127. The van der Waals surface area contributed by atoms with Gasteiger partial charge in [0.2, 0.25) is 0 Å². The average molecular weight is 437 g/mol. The van der Waals surface area contributed by atoms with Gasteiger partial charge < -0.3 is 11.1 Å². The van der Waals surface area contributed by atoms with Crippen molar-refractivity contribution >= 4 is 45.5 Å². The number of anilines is 1. The Hall–Kier alpha value is -0.830. The summed E-state index contributed by atoms with van der Waals surface area (Å²) in [5.41, 5.74) is 8.99. The van der Waals surface area contributed by atoms with Crippen molar-refractivity contribution in [1.29, 1.82) is 0 Å². The van der Waals surface area contributed by atoms with Crippen molar-refractivity contribution in [1.82, 2.24) is 0 Å². The molecule has 3 N–H and O–H groups in total. The molecule has 1 saturated carbocycles. The molecule has 0 aromatic heterocycles. The standard InChI is InChI=1S/C15H23N3O2S.HI/c1-11-4-5-13(8-12(11)2)18-14(16)17-9-15(6-7-15)10-21(3,19)20;/h4-5,8H,6-7,9-10H2,1-3H3,(H3,16,17,18);1H. The van der Waals surface area contributed by atoms with E-state index in [9.17, 15) is 8.42 Å². The molecule has 0 bridgehead atoms. The van der Waals surface area contributed by atoms with Crippen molar-refractivity contribution in [3.05, 3.63) is 29.3 Å². The first kappa shape index (κ1) is 19.2. The average Bonchev–Trinajstić information content (AvgIpc) is 3.09. The molecule has 0 atom stereocenters.